The smallest absolute Gasteiger partial charge is 0.375 e. The molecule has 0 N–H and O–H groups in total. The average molecular weight is 871 g/mol. The fraction of sp³-hybridized carbons (Fsp3) is 0.180. The first-order valence-corrected chi connectivity index (χ1v) is 24.3. The summed E-state index contributed by atoms with van der Waals surface area (Å²) in [6.07, 6.45) is 0. The molecule has 1 aliphatic carbocycles. The highest BCUT2D eigenvalue weighted by atomic mass is 32.1. The molecule has 3 aliphatic rings. The normalized spacial score (nSPS) is 14.7. The van der Waals surface area contributed by atoms with Crippen LogP contribution >= 0.6 is 11.3 Å². The average Bonchev–Trinajstić information content (AvgIpc) is 3.95. The minimum atomic E-state index is -0.302. The van der Waals surface area contributed by atoms with Crippen LogP contribution in [0, 0.1) is 0 Å². The van der Waals surface area contributed by atoms with Crippen molar-refractivity contribution in [2.24, 2.45) is 0 Å². The molecule has 0 amide bonds. The largest absolute Gasteiger partial charge is 0.466 e. The third-order valence-electron chi connectivity index (χ3n) is 14.9. The van der Waals surface area contributed by atoms with E-state index in [9.17, 15) is 0 Å². The van der Waals surface area contributed by atoms with Gasteiger partial charge in [-0.1, -0.05) is 159 Å². The molecule has 3 nitrogen and oxygen atoms in total. The summed E-state index contributed by atoms with van der Waals surface area (Å²) in [6.45, 7) is 18.4. The van der Waals surface area contributed by atoms with Crippen molar-refractivity contribution >= 4 is 88.9 Å². The first-order chi connectivity index (χ1) is 31.8. The molecule has 5 heteroatoms. The number of hydrogen-bond acceptors (Lipinski definition) is 4. The van der Waals surface area contributed by atoms with Crippen LogP contribution in [0.3, 0.4) is 0 Å². The SMILES string of the molecule is CC(C)(C)c1ccc(N2B3c4oc5ccc(-c6ccccc6)cc5c4N(c4ccc(C(C)(C)C)cc4)c4c3c(cc3c4C(C)(C)c4ccccc4-3)-c3cc4c(cc32)sc2ccccc24)cc1. The number of furan rings is 1. The van der Waals surface area contributed by atoms with Crippen LogP contribution in [-0.4, -0.2) is 6.85 Å². The fourth-order valence-electron chi connectivity index (χ4n) is 11.6. The van der Waals surface area contributed by atoms with Crippen molar-refractivity contribution in [2.75, 3.05) is 9.71 Å². The maximum Gasteiger partial charge on any atom is 0.375 e. The lowest BCUT2D eigenvalue weighted by Gasteiger charge is -2.45. The van der Waals surface area contributed by atoms with E-state index in [0.717, 1.165) is 33.7 Å². The standard InChI is InChI=1S/C61H51BN2OS/c1-59(2,3)38-23-27-40(28-24-38)63-56-48-32-37(36-16-10-9-11-17-36)22-31-51(48)65-58(56)62-55-47(34-46-42-18-12-14-20-49(42)61(7,8)54(46)57(55)63)44-33-45-43-19-13-15-21-52(43)66-53(45)35-50(44)64(62)41-29-25-39(26-30-41)60(4,5)6/h9-35H,1-8H3. The van der Waals surface area contributed by atoms with Gasteiger partial charge < -0.3 is 14.1 Å². The van der Waals surface area contributed by atoms with E-state index in [1.54, 1.807) is 0 Å². The molecular formula is C61H51BN2OS. The Morgan fingerprint density at radius 2 is 1.18 bits per heavy atom. The van der Waals surface area contributed by atoms with Crippen molar-refractivity contribution in [3.63, 3.8) is 0 Å². The Morgan fingerprint density at radius 3 is 1.91 bits per heavy atom. The van der Waals surface area contributed by atoms with Gasteiger partial charge in [0.2, 0.25) is 0 Å². The van der Waals surface area contributed by atoms with Crippen LogP contribution in [0.5, 0.6) is 0 Å². The second kappa shape index (κ2) is 13.6. The van der Waals surface area contributed by atoms with Gasteiger partial charge in [0.15, 0.2) is 0 Å². The molecular weight excluding hydrogens is 820 g/mol. The molecule has 0 bridgehead atoms. The van der Waals surface area contributed by atoms with Gasteiger partial charge in [0.1, 0.15) is 11.2 Å². The van der Waals surface area contributed by atoms with Gasteiger partial charge in [-0.2, -0.15) is 0 Å². The van der Waals surface area contributed by atoms with Gasteiger partial charge in [-0.3, -0.25) is 0 Å². The van der Waals surface area contributed by atoms with Crippen LogP contribution in [0.15, 0.2) is 168 Å². The molecule has 4 heterocycles. The lowest BCUT2D eigenvalue weighted by molar-refractivity contribution is 0.590. The lowest BCUT2D eigenvalue weighted by atomic mass is 9.45. The molecule has 66 heavy (non-hydrogen) atoms. The Labute approximate surface area is 392 Å². The number of nitrogens with zero attached hydrogens (tertiary/aromatic N) is 2. The quantitative estimate of drug-likeness (QED) is 0.165. The molecule has 2 aromatic heterocycles. The van der Waals surface area contributed by atoms with E-state index in [-0.39, 0.29) is 23.1 Å². The van der Waals surface area contributed by atoms with Crippen molar-refractivity contribution in [1.82, 2.24) is 0 Å². The molecule has 0 radical (unpaired) electrons. The number of thiophene rings is 1. The highest BCUT2D eigenvalue weighted by Crippen LogP contribution is 2.59. The third-order valence-corrected chi connectivity index (χ3v) is 16.1. The zero-order chi connectivity index (χ0) is 45.0. The fourth-order valence-corrected chi connectivity index (χ4v) is 12.7. The van der Waals surface area contributed by atoms with Crippen LogP contribution in [0.1, 0.15) is 77.6 Å². The van der Waals surface area contributed by atoms with Crippen LogP contribution in [0.25, 0.3) is 64.5 Å². The van der Waals surface area contributed by atoms with Gasteiger partial charge in [-0.05, 0) is 127 Å². The third kappa shape index (κ3) is 5.56. The summed E-state index contributed by atoms with van der Waals surface area (Å²) in [7, 11) is 0. The van der Waals surface area contributed by atoms with Gasteiger partial charge in [0, 0.05) is 59.3 Å². The molecule has 8 aromatic carbocycles. The van der Waals surface area contributed by atoms with E-state index in [1.165, 1.54) is 92.6 Å². The predicted molar refractivity (Wildman–Crippen MR) is 283 cm³/mol. The van der Waals surface area contributed by atoms with E-state index < -0.39 is 0 Å². The molecule has 10 aromatic rings. The zero-order valence-electron chi connectivity index (χ0n) is 38.9. The van der Waals surface area contributed by atoms with Crippen molar-refractivity contribution in [3.8, 4) is 33.4 Å². The Bertz CT molecular complexity index is 3640. The maximum atomic E-state index is 7.49. The van der Waals surface area contributed by atoms with Gasteiger partial charge in [0.05, 0.1) is 5.69 Å². The zero-order valence-corrected chi connectivity index (χ0v) is 39.7. The first kappa shape index (κ1) is 39.5. The Kier molecular flexibility index (Phi) is 8.16. The molecule has 2 aliphatic heterocycles. The Morgan fingerprint density at radius 1 is 0.515 bits per heavy atom. The summed E-state index contributed by atoms with van der Waals surface area (Å²) < 4.78 is 10.1. The van der Waals surface area contributed by atoms with Crippen molar-refractivity contribution < 1.29 is 4.42 Å². The highest BCUT2D eigenvalue weighted by molar-refractivity contribution is 7.25. The first-order valence-electron chi connectivity index (χ1n) is 23.4. The monoisotopic (exact) mass is 870 g/mol. The molecule has 0 atom stereocenters. The minimum Gasteiger partial charge on any atom is -0.466 e. The molecule has 0 saturated carbocycles. The Hall–Kier alpha value is -6.82. The van der Waals surface area contributed by atoms with Crippen molar-refractivity contribution in [3.05, 3.63) is 186 Å². The van der Waals surface area contributed by atoms with Gasteiger partial charge in [-0.25, -0.2) is 0 Å². The summed E-state index contributed by atoms with van der Waals surface area (Å²) in [4.78, 5) is 5.23. The van der Waals surface area contributed by atoms with Crippen LogP contribution in [0.2, 0.25) is 0 Å². The Balaban J connectivity index is 1.21. The number of rotatable bonds is 3. The molecule has 0 spiro atoms. The number of benzene rings is 8. The topological polar surface area (TPSA) is 19.6 Å². The number of hydrogen-bond donors (Lipinski definition) is 0. The van der Waals surface area contributed by atoms with Crippen LogP contribution in [-0.2, 0) is 16.2 Å². The summed E-state index contributed by atoms with van der Waals surface area (Å²) in [5.74, 6) is 0. The van der Waals surface area contributed by atoms with E-state index in [0.29, 0.717) is 0 Å². The summed E-state index contributed by atoms with van der Waals surface area (Å²) in [6, 6.07) is 61.9. The van der Waals surface area contributed by atoms with Gasteiger partial charge in [-0.15, -0.1) is 11.3 Å². The lowest BCUT2D eigenvalue weighted by Crippen LogP contribution is -2.61. The molecule has 0 saturated heterocycles. The predicted octanol–water partition coefficient (Wildman–Crippen LogP) is 16.1. The van der Waals surface area contributed by atoms with Gasteiger partial charge >= 0.3 is 6.85 Å². The van der Waals surface area contributed by atoms with Crippen molar-refractivity contribution in [2.45, 2.75) is 71.6 Å². The van der Waals surface area contributed by atoms with Gasteiger partial charge in [0.25, 0.3) is 0 Å². The van der Waals surface area contributed by atoms with E-state index in [4.69, 9.17) is 4.42 Å². The molecule has 0 unspecified atom stereocenters. The van der Waals surface area contributed by atoms with E-state index in [2.05, 4.69) is 229 Å². The van der Waals surface area contributed by atoms with E-state index in [1.807, 2.05) is 11.3 Å². The van der Waals surface area contributed by atoms with Crippen molar-refractivity contribution in [1.29, 1.82) is 0 Å². The molecule has 320 valence electrons. The van der Waals surface area contributed by atoms with E-state index >= 15 is 0 Å². The molecule has 13 rings (SSSR count). The van der Waals surface area contributed by atoms with Crippen LogP contribution in [0.4, 0.5) is 28.4 Å². The highest BCUT2D eigenvalue weighted by Gasteiger charge is 2.52. The summed E-state index contributed by atoms with van der Waals surface area (Å²) in [5.41, 5.74) is 21.5. The molecule has 0 fully saturated rings. The second-order valence-corrected chi connectivity index (χ2v) is 22.4. The summed E-state index contributed by atoms with van der Waals surface area (Å²) >= 11 is 1.89. The minimum absolute atomic E-state index is 0.00428. The number of fused-ring (bicyclic) bond motifs is 13. The second-order valence-electron chi connectivity index (χ2n) is 21.3. The van der Waals surface area contributed by atoms with Crippen LogP contribution < -0.4 is 20.8 Å². The number of anilines is 5. The maximum absolute atomic E-state index is 7.49. The summed E-state index contributed by atoms with van der Waals surface area (Å²) in [5, 5.41) is 3.71.